The van der Waals surface area contributed by atoms with Crippen LogP contribution in [0.2, 0.25) is 0 Å². The van der Waals surface area contributed by atoms with Crippen LogP contribution in [0.1, 0.15) is 12.5 Å². The Morgan fingerprint density at radius 3 is 2.21 bits per heavy atom. The molecule has 0 atom stereocenters. The molecule has 14 heavy (non-hydrogen) atoms. The van der Waals surface area contributed by atoms with Gasteiger partial charge in [0.05, 0.1) is 0 Å². The fraction of sp³-hybridized carbons (Fsp3) is 0.0769. The Morgan fingerprint density at radius 1 is 1.14 bits per heavy atom. The summed E-state index contributed by atoms with van der Waals surface area (Å²) in [6, 6.07) is 6.96. The second-order valence-corrected chi connectivity index (χ2v) is 3.25. The highest BCUT2D eigenvalue weighted by Gasteiger charge is 1.94. The minimum absolute atomic E-state index is 0.269. The number of hydrogen-bond acceptors (Lipinski definition) is 1. The molecule has 0 radical (unpaired) electrons. The summed E-state index contributed by atoms with van der Waals surface area (Å²) in [4.78, 5) is 0. The Hall–Kier alpha value is -1.76. The van der Waals surface area contributed by atoms with Gasteiger partial charge in [0, 0.05) is 0 Å². The molecule has 0 aliphatic heterocycles. The van der Waals surface area contributed by atoms with E-state index in [0.717, 1.165) is 16.7 Å². The van der Waals surface area contributed by atoms with Crippen LogP contribution in [-0.2, 0) is 0 Å². The van der Waals surface area contributed by atoms with Gasteiger partial charge in [0.15, 0.2) is 0 Å². The number of aromatic hydroxyl groups is 1. The minimum atomic E-state index is 0.269. The topological polar surface area (TPSA) is 20.2 Å². The lowest BCUT2D eigenvalue weighted by Crippen LogP contribution is -1.77. The fourth-order valence-corrected chi connectivity index (χ4v) is 1.01. The minimum Gasteiger partial charge on any atom is -0.508 e. The monoisotopic (exact) mass is 186 g/mol. The number of phenols is 1. The number of phenolic OH excluding ortho intramolecular Hbond substituents is 1. The van der Waals surface area contributed by atoms with E-state index in [0.29, 0.717) is 0 Å². The molecule has 0 amide bonds. The maximum Gasteiger partial charge on any atom is 0.115 e. The van der Waals surface area contributed by atoms with Crippen molar-refractivity contribution < 1.29 is 5.11 Å². The Balaban J connectivity index is 2.80. The molecule has 0 saturated carbocycles. The standard InChI is InChI=1S/C13H14O/c1-10(2)4-5-11(3)12-6-8-13(14)9-7-12/h4-9,14H,1,3H2,2H3/b5-4-. The van der Waals surface area contributed by atoms with E-state index in [1.807, 2.05) is 31.2 Å². The van der Waals surface area contributed by atoms with Crippen LogP contribution in [0.4, 0.5) is 0 Å². The van der Waals surface area contributed by atoms with Crippen LogP contribution in [-0.4, -0.2) is 5.11 Å². The fourth-order valence-electron chi connectivity index (χ4n) is 1.01. The van der Waals surface area contributed by atoms with Crippen LogP contribution in [0.5, 0.6) is 5.75 Å². The quantitative estimate of drug-likeness (QED) is 0.716. The molecular formula is C13H14O. The van der Waals surface area contributed by atoms with E-state index in [2.05, 4.69) is 13.2 Å². The van der Waals surface area contributed by atoms with Crippen LogP contribution >= 0.6 is 0 Å². The van der Waals surface area contributed by atoms with Crippen LogP contribution in [0.15, 0.2) is 55.1 Å². The van der Waals surface area contributed by atoms with Crippen molar-refractivity contribution in [3.63, 3.8) is 0 Å². The van der Waals surface area contributed by atoms with Crippen molar-refractivity contribution in [1.29, 1.82) is 0 Å². The highest BCUT2D eigenvalue weighted by molar-refractivity contribution is 5.72. The van der Waals surface area contributed by atoms with E-state index in [1.165, 1.54) is 0 Å². The largest absolute Gasteiger partial charge is 0.508 e. The average Bonchev–Trinajstić information content (AvgIpc) is 2.15. The number of benzene rings is 1. The summed E-state index contributed by atoms with van der Waals surface area (Å²) in [5.74, 6) is 0.269. The lowest BCUT2D eigenvalue weighted by molar-refractivity contribution is 0.475. The summed E-state index contributed by atoms with van der Waals surface area (Å²) in [5, 5.41) is 9.09. The third-order valence-electron chi connectivity index (χ3n) is 1.81. The molecule has 72 valence electrons. The van der Waals surface area contributed by atoms with E-state index in [-0.39, 0.29) is 5.75 Å². The molecular weight excluding hydrogens is 172 g/mol. The normalized spacial score (nSPS) is 10.4. The molecule has 0 saturated heterocycles. The molecule has 0 heterocycles. The average molecular weight is 186 g/mol. The Bertz CT molecular complexity index is 369. The molecule has 1 N–H and O–H groups in total. The second-order valence-electron chi connectivity index (χ2n) is 3.25. The molecule has 1 heteroatoms. The summed E-state index contributed by atoms with van der Waals surface area (Å²) in [6.07, 6.45) is 3.82. The predicted molar refractivity (Wildman–Crippen MR) is 61.1 cm³/mol. The van der Waals surface area contributed by atoms with Crippen molar-refractivity contribution >= 4 is 5.57 Å². The molecule has 0 aliphatic rings. The molecule has 1 aromatic rings. The van der Waals surface area contributed by atoms with Crippen molar-refractivity contribution in [2.45, 2.75) is 6.92 Å². The van der Waals surface area contributed by atoms with Gasteiger partial charge in [-0.05, 0) is 30.2 Å². The van der Waals surface area contributed by atoms with Gasteiger partial charge < -0.3 is 5.11 Å². The Kier molecular flexibility index (Phi) is 3.29. The molecule has 1 aromatic carbocycles. The van der Waals surface area contributed by atoms with Crippen molar-refractivity contribution in [3.8, 4) is 5.75 Å². The second kappa shape index (κ2) is 4.47. The van der Waals surface area contributed by atoms with Crippen molar-refractivity contribution in [3.05, 3.63) is 60.7 Å². The zero-order chi connectivity index (χ0) is 10.6. The summed E-state index contributed by atoms with van der Waals surface area (Å²) >= 11 is 0. The molecule has 0 aromatic heterocycles. The van der Waals surface area contributed by atoms with E-state index < -0.39 is 0 Å². The molecule has 0 aliphatic carbocycles. The maximum absolute atomic E-state index is 9.09. The van der Waals surface area contributed by atoms with Gasteiger partial charge in [-0.15, -0.1) is 0 Å². The Labute approximate surface area is 84.7 Å². The summed E-state index contributed by atoms with van der Waals surface area (Å²) in [6.45, 7) is 9.62. The lowest BCUT2D eigenvalue weighted by atomic mass is 10.1. The van der Waals surface area contributed by atoms with Gasteiger partial charge in [-0.3, -0.25) is 0 Å². The number of allylic oxidation sites excluding steroid dienone is 4. The van der Waals surface area contributed by atoms with Gasteiger partial charge >= 0.3 is 0 Å². The van der Waals surface area contributed by atoms with Crippen molar-refractivity contribution in [1.82, 2.24) is 0 Å². The van der Waals surface area contributed by atoms with Crippen LogP contribution in [0, 0.1) is 0 Å². The molecule has 0 spiro atoms. The third-order valence-corrected chi connectivity index (χ3v) is 1.81. The molecule has 1 nitrogen and oxygen atoms in total. The van der Waals surface area contributed by atoms with Gasteiger partial charge in [-0.25, -0.2) is 0 Å². The van der Waals surface area contributed by atoms with E-state index in [9.17, 15) is 0 Å². The zero-order valence-corrected chi connectivity index (χ0v) is 8.33. The van der Waals surface area contributed by atoms with E-state index in [1.54, 1.807) is 12.1 Å². The Morgan fingerprint density at radius 2 is 1.71 bits per heavy atom. The number of rotatable bonds is 3. The van der Waals surface area contributed by atoms with Gasteiger partial charge in [0.2, 0.25) is 0 Å². The lowest BCUT2D eigenvalue weighted by Gasteiger charge is -2.00. The van der Waals surface area contributed by atoms with Crippen molar-refractivity contribution in [2.75, 3.05) is 0 Å². The molecule has 0 bridgehead atoms. The maximum atomic E-state index is 9.09. The first kappa shape index (κ1) is 10.3. The van der Waals surface area contributed by atoms with Crippen LogP contribution < -0.4 is 0 Å². The van der Waals surface area contributed by atoms with Crippen LogP contribution in [0.3, 0.4) is 0 Å². The first-order valence-electron chi connectivity index (χ1n) is 4.41. The van der Waals surface area contributed by atoms with E-state index in [4.69, 9.17) is 5.11 Å². The van der Waals surface area contributed by atoms with Gasteiger partial charge in [-0.1, -0.05) is 43.0 Å². The first-order chi connectivity index (χ1) is 6.59. The molecule has 1 rings (SSSR count). The van der Waals surface area contributed by atoms with Gasteiger partial charge in [0.25, 0.3) is 0 Å². The number of hydrogen-bond donors (Lipinski definition) is 1. The third kappa shape index (κ3) is 2.94. The van der Waals surface area contributed by atoms with Gasteiger partial charge in [-0.2, -0.15) is 0 Å². The highest BCUT2D eigenvalue weighted by atomic mass is 16.3. The smallest absolute Gasteiger partial charge is 0.115 e. The van der Waals surface area contributed by atoms with E-state index >= 15 is 0 Å². The summed E-state index contributed by atoms with van der Waals surface area (Å²) < 4.78 is 0. The molecule has 0 unspecified atom stereocenters. The zero-order valence-electron chi connectivity index (χ0n) is 8.33. The highest BCUT2D eigenvalue weighted by Crippen LogP contribution is 2.17. The summed E-state index contributed by atoms with van der Waals surface area (Å²) in [7, 11) is 0. The van der Waals surface area contributed by atoms with Crippen molar-refractivity contribution in [2.24, 2.45) is 0 Å². The predicted octanol–water partition coefficient (Wildman–Crippen LogP) is 3.54. The van der Waals surface area contributed by atoms with Crippen LogP contribution in [0.25, 0.3) is 5.57 Å². The summed E-state index contributed by atoms with van der Waals surface area (Å²) in [5.41, 5.74) is 2.90. The first-order valence-corrected chi connectivity index (χ1v) is 4.41. The van der Waals surface area contributed by atoms with Gasteiger partial charge in [0.1, 0.15) is 5.75 Å². The molecule has 0 fully saturated rings. The SMILES string of the molecule is C=C(C)/C=C\C(=C)c1ccc(O)cc1.